The van der Waals surface area contributed by atoms with Crippen molar-refractivity contribution in [3.05, 3.63) is 46.7 Å². The normalized spacial score (nSPS) is 11.6. The molecule has 0 bridgehead atoms. The van der Waals surface area contributed by atoms with Crippen molar-refractivity contribution in [3.8, 4) is 0 Å². The molecule has 0 aliphatic heterocycles. The highest BCUT2D eigenvalue weighted by Gasteiger charge is 2.07. The lowest BCUT2D eigenvalue weighted by atomic mass is 10.3. The predicted octanol–water partition coefficient (Wildman–Crippen LogP) is 4.44. The topological polar surface area (TPSA) is 50.7 Å². The minimum Gasteiger partial charge on any atom is -0.385 e. The molecule has 2 rings (SSSR count). The van der Waals surface area contributed by atoms with Gasteiger partial charge in [0, 0.05) is 10.6 Å². The number of rotatable bonds is 7. The Labute approximate surface area is 140 Å². The predicted molar refractivity (Wildman–Crippen MR) is 89.4 cm³/mol. The SMILES string of the molecule is C/C(=N\OCC(=O)Nc1ccc(SC(F)F)cc1)c1cccs1. The molecule has 0 atom stereocenters. The summed E-state index contributed by atoms with van der Waals surface area (Å²) >= 11 is 1.99. The number of oxime groups is 1. The first-order valence-corrected chi connectivity index (χ1v) is 8.35. The van der Waals surface area contributed by atoms with Gasteiger partial charge in [0.2, 0.25) is 0 Å². The van der Waals surface area contributed by atoms with E-state index in [2.05, 4.69) is 10.5 Å². The van der Waals surface area contributed by atoms with E-state index >= 15 is 0 Å². The highest BCUT2D eigenvalue weighted by atomic mass is 32.2. The number of carbonyl (C=O) groups is 1. The van der Waals surface area contributed by atoms with E-state index in [9.17, 15) is 13.6 Å². The van der Waals surface area contributed by atoms with E-state index in [-0.39, 0.29) is 12.5 Å². The van der Waals surface area contributed by atoms with Crippen molar-refractivity contribution in [2.75, 3.05) is 11.9 Å². The van der Waals surface area contributed by atoms with Gasteiger partial charge in [-0.25, -0.2) is 0 Å². The Balaban J connectivity index is 1.79. The molecule has 4 nitrogen and oxygen atoms in total. The van der Waals surface area contributed by atoms with Gasteiger partial charge in [-0.1, -0.05) is 23.0 Å². The van der Waals surface area contributed by atoms with E-state index in [1.54, 1.807) is 19.1 Å². The molecule has 0 fully saturated rings. The number of alkyl halides is 2. The third kappa shape index (κ3) is 5.99. The van der Waals surface area contributed by atoms with Gasteiger partial charge in [-0.2, -0.15) is 8.78 Å². The number of hydrogen-bond donors (Lipinski definition) is 1. The second kappa shape index (κ2) is 8.64. The molecule has 8 heteroatoms. The summed E-state index contributed by atoms with van der Waals surface area (Å²) in [5.41, 5.74) is 1.21. The molecule has 0 radical (unpaired) electrons. The lowest BCUT2D eigenvalue weighted by molar-refractivity contribution is -0.120. The smallest absolute Gasteiger partial charge is 0.288 e. The summed E-state index contributed by atoms with van der Waals surface area (Å²) in [5, 5.41) is 8.41. The fourth-order valence-electron chi connectivity index (χ4n) is 1.63. The number of anilines is 1. The second-order valence-electron chi connectivity index (χ2n) is 4.38. The lowest BCUT2D eigenvalue weighted by Gasteiger charge is -2.06. The Bertz CT molecular complexity index is 659. The van der Waals surface area contributed by atoms with Crippen molar-refractivity contribution in [1.82, 2.24) is 0 Å². The maximum absolute atomic E-state index is 12.2. The fraction of sp³-hybridized carbons (Fsp3) is 0.200. The molecule has 0 aliphatic rings. The van der Waals surface area contributed by atoms with Gasteiger partial charge < -0.3 is 10.2 Å². The summed E-state index contributed by atoms with van der Waals surface area (Å²) in [6, 6.07) is 9.97. The third-order valence-corrected chi connectivity index (χ3v) is 4.34. The van der Waals surface area contributed by atoms with E-state index in [1.807, 2.05) is 17.5 Å². The van der Waals surface area contributed by atoms with Crippen LogP contribution in [0.25, 0.3) is 0 Å². The van der Waals surface area contributed by atoms with Gasteiger partial charge in [0.15, 0.2) is 6.61 Å². The number of hydrogen-bond acceptors (Lipinski definition) is 5. The number of thioether (sulfide) groups is 1. The largest absolute Gasteiger partial charge is 0.385 e. The summed E-state index contributed by atoms with van der Waals surface area (Å²) in [5.74, 6) is -2.84. The van der Waals surface area contributed by atoms with Crippen LogP contribution in [0.2, 0.25) is 0 Å². The first-order valence-electron chi connectivity index (χ1n) is 6.60. The summed E-state index contributed by atoms with van der Waals surface area (Å²) in [6.07, 6.45) is 0. The monoisotopic (exact) mass is 356 g/mol. The molecule has 0 unspecified atom stereocenters. The minimum absolute atomic E-state index is 0.226. The molecule has 1 heterocycles. The molecule has 0 saturated heterocycles. The van der Waals surface area contributed by atoms with E-state index in [0.29, 0.717) is 28.1 Å². The van der Waals surface area contributed by atoms with Crippen molar-refractivity contribution in [2.45, 2.75) is 17.6 Å². The number of nitrogens with one attached hydrogen (secondary N) is 1. The number of halogens is 2. The average Bonchev–Trinajstić information content (AvgIpc) is 3.03. The van der Waals surface area contributed by atoms with Crippen LogP contribution in [0.15, 0.2) is 51.8 Å². The van der Waals surface area contributed by atoms with Gasteiger partial charge in [-0.3, -0.25) is 4.79 Å². The molecule has 0 spiro atoms. The third-order valence-electron chi connectivity index (χ3n) is 2.64. The van der Waals surface area contributed by atoms with Crippen LogP contribution in [-0.4, -0.2) is 24.0 Å². The van der Waals surface area contributed by atoms with Crippen molar-refractivity contribution in [1.29, 1.82) is 0 Å². The minimum atomic E-state index is -2.46. The molecule has 0 aliphatic carbocycles. The van der Waals surface area contributed by atoms with Crippen LogP contribution in [-0.2, 0) is 9.63 Å². The standard InChI is InChI=1S/C15H14F2N2O2S2/c1-10(13-3-2-8-22-13)19-21-9-14(20)18-11-4-6-12(7-5-11)23-15(16)17/h2-8,15H,9H2,1H3,(H,18,20)/b19-10+. The number of amides is 1. The second-order valence-corrected chi connectivity index (χ2v) is 6.39. The maximum Gasteiger partial charge on any atom is 0.288 e. The number of carbonyl (C=O) groups excluding carboxylic acids is 1. The summed E-state index contributed by atoms with van der Waals surface area (Å²) in [6.45, 7) is 1.57. The van der Waals surface area contributed by atoms with Crippen LogP contribution in [0.5, 0.6) is 0 Å². The summed E-state index contributed by atoms with van der Waals surface area (Å²) < 4.78 is 24.4. The van der Waals surface area contributed by atoms with Crippen molar-refractivity contribution >= 4 is 40.4 Å². The molecule has 1 N–H and O–H groups in total. The molecule has 122 valence electrons. The van der Waals surface area contributed by atoms with Gasteiger partial charge in [-0.05, 0) is 42.6 Å². The molecule has 0 saturated carbocycles. The molecule has 1 aromatic carbocycles. The van der Waals surface area contributed by atoms with Crippen LogP contribution in [0.1, 0.15) is 11.8 Å². The van der Waals surface area contributed by atoms with E-state index < -0.39 is 5.76 Å². The molecule has 1 amide bonds. The van der Waals surface area contributed by atoms with Crippen LogP contribution >= 0.6 is 23.1 Å². The zero-order chi connectivity index (χ0) is 16.7. The summed E-state index contributed by atoms with van der Waals surface area (Å²) in [7, 11) is 0. The van der Waals surface area contributed by atoms with Crippen molar-refractivity contribution in [2.24, 2.45) is 5.16 Å². The Hall–Kier alpha value is -1.93. The summed E-state index contributed by atoms with van der Waals surface area (Å²) in [4.78, 5) is 18.1. The maximum atomic E-state index is 12.2. The Morgan fingerprint density at radius 2 is 2.09 bits per heavy atom. The fourth-order valence-corrected chi connectivity index (χ4v) is 2.80. The van der Waals surface area contributed by atoms with E-state index in [0.717, 1.165) is 4.88 Å². The first-order chi connectivity index (χ1) is 11.0. The van der Waals surface area contributed by atoms with E-state index in [1.165, 1.54) is 23.5 Å². The Morgan fingerprint density at radius 1 is 1.35 bits per heavy atom. The first kappa shape index (κ1) is 17.4. The van der Waals surface area contributed by atoms with Gasteiger partial charge in [0.05, 0.1) is 10.6 Å². The van der Waals surface area contributed by atoms with E-state index in [4.69, 9.17) is 4.84 Å². The number of nitrogens with zero attached hydrogens (tertiary/aromatic N) is 1. The quantitative estimate of drug-likeness (QED) is 0.453. The Kier molecular flexibility index (Phi) is 6.54. The molecule has 1 aromatic heterocycles. The zero-order valence-electron chi connectivity index (χ0n) is 12.2. The van der Waals surface area contributed by atoms with Gasteiger partial charge >= 0.3 is 0 Å². The average molecular weight is 356 g/mol. The van der Waals surface area contributed by atoms with Crippen molar-refractivity contribution < 1.29 is 18.4 Å². The zero-order valence-corrected chi connectivity index (χ0v) is 13.8. The molecule has 23 heavy (non-hydrogen) atoms. The lowest BCUT2D eigenvalue weighted by Crippen LogP contribution is -2.17. The van der Waals surface area contributed by atoms with Crippen LogP contribution in [0.3, 0.4) is 0 Å². The van der Waals surface area contributed by atoms with Gasteiger partial charge in [0.1, 0.15) is 0 Å². The number of thiophene rings is 1. The van der Waals surface area contributed by atoms with Crippen LogP contribution in [0, 0.1) is 0 Å². The molecule has 2 aromatic rings. The van der Waals surface area contributed by atoms with Crippen LogP contribution < -0.4 is 5.32 Å². The van der Waals surface area contributed by atoms with Crippen LogP contribution in [0.4, 0.5) is 14.5 Å². The number of benzene rings is 1. The molecular weight excluding hydrogens is 342 g/mol. The van der Waals surface area contributed by atoms with Crippen molar-refractivity contribution in [3.63, 3.8) is 0 Å². The van der Waals surface area contributed by atoms with Gasteiger partial charge in [0.25, 0.3) is 11.7 Å². The molecular formula is C15H14F2N2O2S2. The Morgan fingerprint density at radius 3 is 2.70 bits per heavy atom. The highest BCUT2D eigenvalue weighted by Crippen LogP contribution is 2.26. The van der Waals surface area contributed by atoms with Gasteiger partial charge in [-0.15, -0.1) is 11.3 Å². The highest BCUT2D eigenvalue weighted by molar-refractivity contribution is 7.99.